The molecular formula is C25H34N2O3. The number of rotatable bonds is 10. The highest BCUT2D eigenvalue weighted by atomic mass is 16.5. The fourth-order valence-corrected chi connectivity index (χ4v) is 3.43. The second-order valence-corrected chi connectivity index (χ2v) is 7.78. The number of carbonyl (C=O) groups is 2. The van der Waals surface area contributed by atoms with Gasteiger partial charge in [-0.25, -0.2) is 0 Å². The minimum absolute atomic E-state index is 0.0606. The zero-order valence-corrected chi connectivity index (χ0v) is 18.8. The topological polar surface area (TPSA) is 58.6 Å². The molecule has 0 fully saturated rings. The molecule has 162 valence electrons. The zero-order chi connectivity index (χ0) is 22.1. The van der Waals surface area contributed by atoms with Crippen LogP contribution in [0.5, 0.6) is 5.75 Å². The predicted octanol–water partition coefficient (Wildman–Crippen LogP) is 4.27. The van der Waals surface area contributed by atoms with Crippen LogP contribution in [0, 0.1) is 6.92 Å². The van der Waals surface area contributed by atoms with Crippen LogP contribution in [0.1, 0.15) is 50.3 Å². The minimum Gasteiger partial charge on any atom is -0.497 e. The Hall–Kier alpha value is -2.82. The fraction of sp³-hybridized carbons (Fsp3) is 0.440. The summed E-state index contributed by atoms with van der Waals surface area (Å²) >= 11 is 0. The maximum absolute atomic E-state index is 13.4. The molecular weight excluding hydrogens is 376 g/mol. The van der Waals surface area contributed by atoms with Gasteiger partial charge in [0.25, 0.3) is 0 Å². The number of carbonyl (C=O) groups excluding carboxylic acids is 2. The number of benzene rings is 2. The van der Waals surface area contributed by atoms with E-state index in [-0.39, 0.29) is 24.3 Å². The molecule has 0 bridgehead atoms. The summed E-state index contributed by atoms with van der Waals surface area (Å²) in [6.07, 6.45) is 1.65. The van der Waals surface area contributed by atoms with E-state index in [0.717, 1.165) is 28.9 Å². The van der Waals surface area contributed by atoms with E-state index in [2.05, 4.69) is 5.32 Å². The van der Waals surface area contributed by atoms with Crippen molar-refractivity contribution in [3.8, 4) is 5.75 Å². The van der Waals surface area contributed by atoms with Gasteiger partial charge in [0.1, 0.15) is 11.8 Å². The summed E-state index contributed by atoms with van der Waals surface area (Å²) in [4.78, 5) is 28.0. The normalized spacial score (nSPS) is 12.7. The monoisotopic (exact) mass is 410 g/mol. The molecule has 0 unspecified atom stereocenters. The third-order valence-electron chi connectivity index (χ3n) is 5.31. The summed E-state index contributed by atoms with van der Waals surface area (Å²) in [5, 5.41) is 3.04. The van der Waals surface area contributed by atoms with Gasteiger partial charge in [0, 0.05) is 12.6 Å². The van der Waals surface area contributed by atoms with Gasteiger partial charge in [-0.15, -0.1) is 0 Å². The number of hydrogen-bond donors (Lipinski definition) is 1. The van der Waals surface area contributed by atoms with Crippen LogP contribution in [-0.4, -0.2) is 35.9 Å². The Morgan fingerprint density at radius 3 is 2.37 bits per heavy atom. The maximum Gasteiger partial charge on any atom is 0.243 e. The summed E-state index contributed by atoms with van der Waals surface area (Å²) in [5.74, 6) is 0.567. The van der Waals surface area contributed by atoms with E-state index >= 15 is 0 Å². The fourth-order valence-electron chi connectivity index (χ4n) is 3.43. The van der Waals surface area contributed by atoms with Gasteiger partial charge < -0.3 is 15.0 Å². The van der Waals surface area contributed by atoms with Crippen molar-refractivity contribution in [2.24, 2.45) is 0 Å². The van der Waals surface area contributed by atoms with Crippen molar-refractivity contribution in [3.05, 3.63) is 65.2 Å². The van der Waals surface area contributed by atoms with Gasteiger partial charge >= 0.3 is 0 Å². The Morgan fingerprint density at radius 2 is 1.73 bits per heavy atom. The molecule has 30 heavy (non-hydrogen) atoms. The van der Waals surface area contributed by atoms with Crippen molar-refractivity contribution in [2.45, 2.75) is 65.6 Å². The Labute approximate surface area is 180 Å². The number of methoxy groups -OCH3 is 1. The average molecular weight is 411 g/mol. The summed E-state index contributed by atoms with van der Waals surface area (Å²) in [6.45, 7) is 8.32. The number of amides is 2. The first-order valence-corrected chi connectivity index (χ1v) is 10.7. The summed E-state index contributed by atoms with van der Waals surface area (Å²) in [7, 11) is 1.62. The Kier molecular flexibility index (Phi) is 8.90. The molecule has 5 heteroatoms. The maximum atomic E-state index is 13.4. The van der Waals surface area contributed by atoms with E-state index in [1.54, 1.807) is 12.0 Å². The van der Waals surface area contributed by atoms with Gasteiger partial charge in [-0.05, 0) is 49.9 Å². The van der Waals surface area contributed by atoms with Crippen molar-refractivity contribution in [2.75, 3.05) is 7.11 Å². The molecule has 2 rings (SSSR count). The third-order valence-corrected chi connectivity index (χ3v) is 5.31. The molecule has 5 nitrogen and oxygen atoms in total. The van der Waals surface area contributed by atoms with Crippen LogP contribution in [0.25, 0.3) is 0 Å². The van der Waals surface area contributed by atoms with E-state index in [0.29, 0.717) is 13.0 Å². The average Bonchev–Trinajstić information content (AvgIpc) is 2.73. The highest BCUT2D eigenvalue weighted by Gasteiger charge is 2.29. The molecule has 0 heterocycles. The smallest absolute Gasteiger partial charge is 0.243 e. The number of nitrogens with one attached hydrogen (secondary N) is 1. The quantitative estimate of drug-likeness (QED) is 0.636. The molecule has 0 aliphatic carbocycles. The lowest BCUT2D eigenvalue weighted by molar-refractivity contribution is -0.141. The lowest BCUT2D eigenvalue weighted by Gasteiger charge is -2.31. The molecule has 1 N–H and O–H groups in total. The largest absolute Gasteiger partial charge is 0.497 e. The van der Waals surface area contributed by atoms with Crippen LogP contribution in [0.15, 0.2) is 48.5 Å². The van der Waals surface area contributed by atoms with Gasteiger partial charge in [0.05, 0.1) is 13.5 Å². The molecule has 0 aromatic heterocycles. The van der Waals surface area contributed by atoms with Crippen molar-refractivity contribution in [1.82, 2.24) is 10.2 Å². The van der Waals surface area contributed by atoms with Crippen LogP contribution < -0.4 is 10.1 Å². The highest BCUT2D eigenvalue weighted by Crippen LogP contribution is 2.19. The van der Waals surface area contributed by atoms with E-state index in [1.165, 1.54) is 0 Å². The van der Waals surface area contributed by atoms with Crippen molar-refractivity contribution < 1.29 is 14.3 Å². The van der Waals surface area contributed by atoms with Crippen LogP contribution in [0.3, 0.4) is 0 Å². The molecule has 0 aliphatic heterocycles. The molecule has 0 saturated heterocycles. The minimum atomic E-state index is -0.525. The number of ether oxygens (including phenoxy) is 1. The molecule has 0 spiro atoms. The third kappa shape index (κ3) is 6.61. The highest BCUT2D eigenvalue weighted by molar-refractivity contribution is 5.88. The summed E-state index contributed by atoms with van der Waals surface area (Å²) in [6, 6.07) is 15.1. The van der Waals surface area contributed by atoms with Crippen LogP contribution in [0.4, 0.5) is 0 Å². The van der Waals surface area contributed by atoms with Crippen LogP contribution >= 0.6 is 0 Å². The molecule has 2 aromatic rings. The van der Waals surface area contributed by atoms with Crippen molar-refractivity contribution in [3.63, 3.8) is 0 Å². The number of aryl methyl sites for hydroxylation is 1. The van der Waals surface area contributed by atoms with Gasteiger partial charge in [0.2, 0.25) is 11.8 Å². The zero-order valence-electron chi connectivity index (χ0n) is 18.8. The van der Waals surface area contributed by atoms with Crippen molar-refractivity contribution >= 4 is 11.8 Å². The van der Waals surface area contributed by atoms with Crippen LogP contribution in [-0.2, 0) is 22.6 Å². The van der Waals surface area contributed by atoms with Gasteiger partial charge in [0.15, 0.2) is 0 Å². The lowest BCUT2D eigenvalue weighted by Crippen LogP contribution is -2.51. The SMILES string of the molecule is CC[C@H](C)NC(=O)[C@H](CC)N(Cc1cccc(OC)c1)C(=O)Cc1cccc(C)c1. The molecule has 0 radical (unpaired) electrons. The second kappa shape index (κ2) is 11.4. The van der Waals surface area contributed by atoms with Crippen molar-refractivity contribution in [1.29, 1.82) is 0 Å². The summed E-state index contributed by atoms with van der Waals surface area (Å²) < 4.78 is 5.32. The standard InChI is InChI=1S/C25H34N2O3/c1-6-19(4)26-25(29)23(7-2)27(17-21-12-9-13-22(15-21)30-5)24(28)16-20-11-8-10-18(3)14-20/h8-15,19,23H,6-7,16-17H2,1-5H3,(H,26,29)/t19-,23-/m0/s1. The van der Waals surface area contributed by atoms with Crippen LogP contribution in [0.2, 0.25) is 0 Å². The van der Waals surface area contributed by atoms with E-state index in [4.69, 9.17) is 4.74 Å². The first-order chi connectivity index (χ1) is 14.4. The van der Waals surface area contributed by atoms with E-state index in [9.17, 15) is 9.59 Å². The summed E-state index contributed by atoms with van der Waals surface area (Å²) in [5.41, 5.74) is 3.00. The predicted molar refractivity (Wildman–Crippen MR) is 120 cm³/mol. The first-order valence-electron chi connectivity index (χ1n) is 10.7. The number of hydrogen-bond acceptors (Lipinski definition) is 3. The molecule has 0 aliphatic rings. The molecule has 0 saturated carbocycles. The van der Waals surface area contributed by atoms with E-state index < -0.39 is 6.04 Å². The molecule has 2 atom stereocenters. The molecule has 2 aromatic carbocycles. The Bertz CT molecular complexity index is 850. The van der Waals surface area contributed by atoms with Gasteiger partial charge in [-0.2, -0.15) is 0 Å². The Morgan fingerprint density at radius 1 is 1.03 bits per heavy atom. The Balaban J connectivity index is 2.31. The second-order valence-electron chi connectivity index (χ2n) is 7.78. The van der Waals surface area contributed by atoms with Gasteiger partial charge in [-0.3, -0.25) is 9.59 Å². The molecule has 2 amide bonds. The number of nitrogens with zero attached hydrogens (tertiary/aromatic N) is 1. The lowest BCUT2D eigenvalue weighted by atomic mass is 10.0. The van der Waals surface area contributed by atoms with E-state index in [1.807, 2.05) is 76.2 Å². The van der Waals surface area contributed by atoms with Gasteiger partial charge in [-0.1, -0.05) is 55.8 Å². The first kappa shape index (κ1) is 23.5.